The summed E-state index contributed by atoms with van der Waals surface area (Å²) in [6.07, 6.45) is 2.84. The molecule has 0 saturated heterocycles. The van der Waals surface area contributed by atoms with Crippen molar-refractivity contribution in [3.05, 3.63) is 52.4 Å². The van der Waals surface area contributed by atoms with Crippen LogP contribution in [0, 0.1) is 0 Å². The molecule has 1 heterocycles. The van der Waals surface area contributed by atoms with Gasteiger partial charge in [0.1, 0.15) is 5.56 Å². The number of carbonyl (C=O) groups excluding carboxylic acids is 1. The number of methoxy groups -OCH3 is 1. The van der Waals surface area contributed by atoms with Crippen LogP contribution < -0.4 is 20.2 Å². The van der Waals surface area contributed by atoms with Crippen LogP contribution in [0.2, 0.25) is 0 Å². The third-order valence-corrected chi connectivity index (χ3v) is 2.79. The Hall–Kier alpha value is -2.76. The lowest BCUT2D eigenvalue weighted by atomic mass is 10.2. The van der Waals surface area contributed by atoms with Crippen molar-refractivity contribution in [2.45, 2.75) is 6.92 Å². The van der Waals surface area contributed by atoms with E-state index in [0.717, 1.165) is 0 Å². The molecule has 110 valence electrons. The minimum atomic E-state index is -0.483. The summed E-state index contributed by atoms with van der Waals surface area (Å²) in [6.45, 7) is 2.39. The van der Waals surface area contributed by atoms with Gasteiger partial charge in [0.05, 0.1) is 13.7 Å². The average Bonchev–Trinajstić information content (AvgIpc) is 2.49. The number of anilines is 1. The fourth-order valence-electron chi connectivity index (χ4n) is 1.81. The normalized spacial score (nSPS) is 10.0. The van der Waals surface area contributed by atoms with Crippen molar-refractivity contribution in [3.8, 4) is 11.5 Å². The lowest BCUT2D eigenvalue weighted by Crippen LogP contribution is -2.20. The minimum absolute atomic E-state index is 0.0466. The molecule has 2 N–H and O–H groups in total. The Morgan fingerprint density at radius 2 is 2.10 bits per heavy atom. The van der Waals surface area contributed by atoms with E-state index < -0.39 is 5.91 Å². The molecule has 6 nitrogen and oxygen atoms in total. The number of aromatic nitrogens is 1. The molecule has 1 aromatic heterocycles. The van der Waals surface area contributed by atoms with Crippen molar-refractivity contribution in [2.75, 3.05) is 19.0 Å². The van der Waals surface area contributed by atoms with Crippen LogP contribution in [-0.2, 0) is 0 Å². The van der Waals surface area contributed by atoms with E-state index in [2.05, 4.69) is 10.3 Å². The highest BCUT2D eigenvalue weighted by Crippen LogP contribution is 2.30. The number of ether oxygens (including phenoxy) is 2. The Bertz CT molecular complexity index is 694. The third-order valence-electron chi connectivity index (χ3n) is 2.79. The Kier molecular flexibility index (Phi) is 4.61. The number of carbonyl (C=O) groups is 1. The summed E-state index contributed by atoms with van der Waals surface area (Å²) in [5, 5.41) is 2.65. The topological polar surface area (TPSA) is 80.4 Å². The molecule has 0 bridgehead atoms. The molecule has 0 spiro atoms. The molecule has 0 atom stereocenters. The Labute approximate surface area is 121 Å². The highest BCUT2D eigenvalue weighted by molar-refractivity contribution is 6.04. The van der Waals surface area contributed by atoms with E-state index in [-0.39, 0.29) is 11.0 Å². The van der Waals surface area contributed by atoms with Crippen LogP contribution >= 0.6 is 0 Å². The van der Waals surface area contributed by atoms with E-state index in [1.165, 1.54) is 25.6 Å². The second kappa shape index (κ2) is 6.60. The number of hydrogen-bond donors (Lipinski definition) is 2. The number of benzene rings is 1. The maximum absolute atomic E-state index is 12.0. The van der Waals surface area contributed by atoms with Crippen LogP contribution in [0.4, 0.5) is 5.69 Å². The third kappa shape index (κ3) is 3.42. The van der Waals surface area contributed by atoms with Crippen LogP contribution in [0.15, 0.2) is 41.5 Å². The van der Waals surface area contributed by atoms with Gasteiger partial charge < -0.3 is 19.8 Å². The summed E-state index contributed by atoms with van der Waals surface area (Å²) in [6, 6.07) is 6.32. The predicted octanol–water partition coefficient (Wildman–Crippen LogP) is 2.03. The summed E-state index contributed by atoms with van der Waals surface area (Å²) < 4.78 is 10.6. The minimum Gasteiger partial charge on any atom is -0.493 e. The van der Waals surface area contributed by atoms with Gasteiger partial charge in [0.25, 0.3) is 5.91 Å². The largest absolute Gasteiger partial charge is 0.493 e. The quantitative estimate of drug-likeness (QED) is 0.882. The van der Waals surface area contributed by atoms with Crippen LogP contribution in [0.3, 0.4) is 0 Å². The zero-order valence-corrected chi connectivity index (χ0v) is 11.8. The molecular weight excluding hydrogens is 272 g/mol. The van der Waals surface area contributed by atoms with Crippen molar-refractivity contribution >= 4 is 11.6 Å². The second-order valence-corrected chi connectivity index (χ2v) is 4.18. The van der Waals surface area contributed by atoms with Crippen molar-refractivity contribution in [2.24, 2.45) is 0 Å². The number of aromatic amines is 1. The maximum atomic E-state index is 12.0. The molecule has 0 saturated carbocycles. The summed E-state index contributed by atoms with van der Waals surface area (Å²) in [5.41, 5.74) is 0.220. The first-order chi connectivity index (χ1) is 10.2. The van der Waals surface area contributed by atoms with Gasteiger partial charge in [-0.2, -0.15) is 0 Å². The molecule has 6 heteroatoms. The first kappa shape index (κ1) is 14.6. The van der Waals surface area contributed by atoms with Gasteiger partial charge in [-0.25, -0.2) is 0 Å². The monoisotopic (exact) mass is 288 g/mol. The van der Waals surface area contributed by atoms with E-state index in [0.29, 0.717) is 23.8 Å². The van der Waals surface area contributed by atoms with Crippen molar-refractivity contribution < 1.29 is 14.3 Å². The fraction of sp³-hybridized carbons (Fsp3) is 0.200. The highest BCUT2D eigenvalue weighted by Gasteiger charge is 2.11. The van der Waals surface area contributed by atoms with E-state index in [1.54, 1.807) is 18.2 Å². The molecule has 1 amide bonds. The van der Waals surface area contributed by atoms with Crippen molar-refractivity contribution in [1.29, 1.82) is 0 Å². The summed E-state index contributed by atoms with van der Waals surface area (Å²) in [5.74, 6) is 0.621. The second-order valence-electron chi connectivity index (χ2n) is 4.18. The zero-order chi connectivity index (χ0) is 15.2. The molecule has 0 aliphatic rings. The first-order valence-electron chi connectivity index (χ1n) is 6.45. The zero-order valence-electron chi connectivity index (χ0n) is 11.8. The fourth-order valence-corrected chi connectivity index (χ4v) is 1.81. The van der Waals surface area contributed by atoms with Crippen LogP contribution in [0.5, 0.6) is 11.5 Å². The van der Waals surface area contributed by atoms with Gasteiger partial charge in [0.2, 0.25) is 0 Å². The maximum Gasteiger partial charge on any atom is 0.261 e. The van der Waals surface area contributed by atoms with Crippen molar-refractivity contribution in [3.63, 3.8) is 0 Å². The van der Waals surface area contributed by atoms with E-state index in [1.807, 2.05) is 6.92 Å². The molecule has 0 fully saturated rings. The molecule has 0 unspecified atom stereocenters. The molecular formula is C15H16N2O4. The summed E-state index contributed by atoms with van der Waals surface area (Å²) in [7, 11) is 1.52. The Balaban J connectivity index is 2.22. The average molecular weight is 288 g/mol. The molecule has 0 aliphatic carbocycles. The number of H-pyrrole nitrogens is 1. The van der Waals surface area contributed by atoms with Gasteiger partial charge in [-0.1, -0.05) is 0 Å². The number of nitrogens with one attached hydrogen (secondary N) is 2. The van der Waals surface area contributed by atoms with Crippen molar-refractivity contribution in [1.82, 2.24) is 4.98 Å². The smallest absolute Gasteiger partial charge is 0.261 e. The van der Waals surface area contributed by atoms with Gasteiger partial charge in [-0.3, -0.25) is 9.59 Å². The lowest BCUT2D eigenvalue weighted by molar-refractivity contribution is 0.102. The van der Waals surface area contributed by atoms with E-state index >= 15 is 0 Å². The Morgan fingerprint density at radius 3 is 2.76 bits per heavy atom. The standard InChI is InChI=1S/C15H16N2O4/c1-3-21-13-5-4-10(8-14(13)20-2)17-15(19)11-9-16-7-6-12(11)18/h4-9H,3H2,1-2H3,(H,16,18)(H,17,19). The van der Waals surface area contributed by atoms with Gasteiger partial charge in [0.15, 0.2) is 16.9 Å². The van der Waals surface area contributed by atoms with Crippen LogP contribution in [0.1, 0.15) is 17.3 Å². The van der Waals surface area contributed by atoms with Crippen LogP contribution in [0.25, 0.3) is 0 Å². The first-order valence-corrected chi connectivity index (χ1v) is 6.45. The summed E-state index contributed by atoms with van der Waals surface area (Å²) in [4.78, 5) is 26.3. The van der Waals surface area contributed by atoms with E-state index in [9.17, 15) is 9.59 Å². The molecule has 2 rings (SSSR count). The molecule has 2 aromatic rings. The number of rotatable bonds is 5. The van der Waals surface area contributed by atoms with Gasteiger partial charge in [-0.15, -0.1) is 0 Å². The van der Waals surface area contributed by atoms with Gasteiger partial charge in [0, 0.05) is 30.2 Å². The SMILES string of the molecule is CCOc1ccc(NC(=O)c2c[nH]ccc2=O)cc1OC. The van der Waals surface area contributed by atoms with Gasteiger partial charge in [-0.05, 0) is 19.1 Å². The number of amides is 1. The highest BCUT2D eigenvalue weighted by atomic mass is 16.5. The number of pyridine rings is 1. The molecule has 0 aliphatic heterocycles. The molecule has 1 aromatic carbocycles. The van der Waals surface area contributed by atoms with Gasteiger partial charge >= 0.3 is 0 Å². The number of hydrogen-bond acceptors (Lipinski definition) is 4. The lowest BCUT2D eigenvalue weighted by Gasteiger charge is -2.11. The predicted molar refractivity (Wildman–Crippen MR) is 79.2 cm³/mol. The Morgan fingerprint density at radius 1 is 1.29 bits per heavy atom. The molecule has 0 radical (unpaired) electrons. The summed E-state index contributed by atoms with van der Waals surface area (Å²) >= 11 is 0. The van der Waals surface area contributed by atoms with E-state index in [4.69, 9.17) is 9.47 Å². The van der Waals surface area contributed by atoms with Crippen LogP contribution in [-0.4, -0.2) is 24.6 Å². The molecule has 21 heavy (non-hydrogen) atoms.